The van der Waals surface area contributed by atoms with Gasteiger partial charge < -0.3 is 19.7 Å². The smallest absolute Gasteiger partial charge is 0.224 e. The molecule has 0 atom stereocenters. The van der Waals surface area contributed by atoms with Crippen LogP contribution in [0, 0.1) is 11.6 Å². The molecule has 1 aliphatic heterocycles. The van der Waals surface area contributed by atoms with Crippen LogP contribution in [0.3, 0.4) is 0 Å². The van der Waals surface area contributed by atoms with Gasteiger partial charge in [-0.05, 0) is 47.0 Å². The van der Waals surface area contributed by atoms with Crippen molar-refractivity contribution in [3.05, 3.63) is 89.0 Å². The maximum atomic E-state index is 13.4. The van der Waals surface area contributed by atoms with Crippen LogP contribution in [0.25, 0.3) is 0 Å². The number of rotatable bonds is 8. The molecular weight excluding hydrogens is 428 g/mol. The van der Waals surface area contributed by atoms with E-state index in [1.54, 1.807) is 30.3 Å². The Morgan fingerprint density at radius 3 is 2.52 bits per heavy atom. The number of benzene rings is 2. The minimum absolute atomic E-state index is 0.0904. The highest BCUT2D eigenvalue weighted by Gasteiger charge is 2.15. The summed E-state index contributed by atoms with van der Waals surface area (Å²) in [5.74, 6) is 0.274. The molecule has 4 rings (SSSR count). The molecule has 33 heavy (non-hydrogen) atoms. The van der Waals surface area contributed by atoms with Crippen molar-refractivity contribution < 1.29 is 23.0 Å². The Hall–Kier alpha value is -3.52. The lowest BCUT2D eigenvalue weighted by molar-refractivity contribution is -0.120. The number of carbonyl (C=O) groups excluding carboxylic acids is 1. The predicted octanol–water partition coefficient (Wildman–Crippen LogP) is 3.63. The highest BCUT2D eigenvalue weighted by atomic mass is 19.1. The van der Waals surface area contributed by atoms with Crippen LogP contribution in [0.2, 0.25) is 0 Å². The molecule has 0 bridgehead atoms. The van der Waals surface area contributed by atoms with Crippen LogP contribution in [-0.4, -0.2) is 37.2 Å². The molecule has 172 valence electrons. The number of anilines is 1. The lowest BCUT2D eigenvalue weighted by Crippen LogP contribution is -2.37. The molecule has 6 nitrogen and oxygen atoms in total. The fraction of sp³-hybridized carbons (Fsp3) is 0.280. The highest BCUT2D eigenvalue weighted by Crippen LogP contribution is 2.22. The third kappa shape index (κ3) is 6.73. The Morgan fingerprint density at radius 1 is 0.970 bits per heavy atom. The van der Waals surface area contributed by atoms with Crippen molar-refractivity contribution in [3.63, 3.8) is 0 Å². The molecule has 3 aromatic rings. The summed E-state index contributed by atoms with van der Waals surface area (Å²) in [6.07, 6.45) is 0.0904. The number of hydrogen-bond donors (Lipinski definition) is 1. The first-order chi connectivity index (χ1) is 16.0. The number of carbonyl (C=O) groups is 1. The van der Waals surface area contributed by atoms with Crippen LogP contribution in [0.15, 0.2) is 60.7 Å². The van der Waals surface area contributed by atoms with Crippen LogP contribution >= 0.6 is 0 Å². The molecule has 2 aromatic carbocycles. The van der Waals surface area contributed by atoms with E-state index in [9.17, 15) is 13.6 Å². The van der Waals surface area contributed by atoms with E-state index in [4.69, 9.17) is 9.47 Å². The van der Waals surface area contributed by atoms with Gasteiger partial charge in [0.25, 0.3) is 0 Å². The van der Waals surface area contributed by atoms with Crippen LogP contribution < -0.4 is 15.0 Å². The van der Waals surface area contributed by atoms with Gasteiger partial charge in [0.2, 0.25) is 11.8 Å². The number of morpholine rings is 1. The third-order valence-electron chi connectivity index (χ3n) is 5.23. The zero-order chi connectivity index (χ0) is 23.0. The summed E-state index contributed by atoms with van der Waals surface area (Å²) < 4.78 is 37.8. The Labute approximate surface area is 191 Å². The number of halogens is 2. The van der Waals surface area contributed by atoms with Gasteiger partial charge >= 0.3 is 0 Å². The minimum Gasteiger partial charge on any atom is -0.473 e. The lowest BCUT2D eigenvalue weighted by atomic mass is 10.1. The molecule has 1 saturated heterocycles. The summed E-state index contributed by atoms with van der Waals surface area (Å²) in [6.45, 7) is 3.16. The van der Waals surface area contributed by atoms with Crippen molar-refractivity contribution in [3.8, 4) is 5.88 Å². The van der Waals surface area contributed by atoms with Gasteiger partial charge in [-0.3, -0.25) is 4.79 Å². The minimum atomic E-state index is -0.368. The Kier molecular flexibility index (Phi) is 7.47. The number of pyridine rings is 1. The number of hydrogen-bond acceptors (Lipinski definition) is 5. The SMILES string of the molecule is O=C(Cc1cccc(F)c1)NCc1cc(OCc2ccc(F)cc2)nc(N2CCOCC2)c1. The first-order valence-electron chi connectivity index (χ1n) is 10.8. The van der Waals surface area contributed by atoms with Crippen LogP contribution in [-0.2, 0) is 29.1 Å². The molecule has 0 unspecified atom stereocenters. The van der Waals surface area contributed by atoms with Gasteiger partial charge in [0, 0.05) is 25.7 Å². The first-order valence-corrected chi connectivity index (χ1v) is 10.8. The van der Waals surface area contributed by atoms with Crippen molar-refractivity contribution in [1.82, 2.24) is 10.3 Å². The second kappa shape index (κ2) is 10.9. The lowest BCUT2D eigenvalue weighted by Gasteiger charge is -2.28. The topological polar surface area (TPSA) is 63.7 Å². The van der Waals surface area contributed by atoms with Crippen molar-refractivity contribution in [2.45, 2.75) is 19.6 Å². The summed E-state index contributed by atoms with van der Waals surface area (Å²) in [5, 5.41) is 2.87. The predicted molar refractivity (Wildman–Crippen MR) is 120 cm³/mol. The monoisotopic (exact) mass is 453 g/mol. The van der Waals surface area contributed by atoms with Gasteiger partial charge in [-0.1, -0.05) is 24.3 Å². The number of nitrogens with one attached hydrogen (secondary N) is 1. The van der Waals surface area contributed by atoms with Crippen molar-refractivity contribution in [2.75, 3.05) is 31.2 Å². The van der Waals surface area contributed by atoms with E-state index in [1.165, 1.54) is 24.3 Å². The molecule has 1 amide bonds. The maximum Gasteiger partial charge on any atom is 0.224 e. The standard InChI is InChI=1S/C25H25F2N3O3/c26-21-6-4-18(5-7-21)17-33-25-15-20(13-23(29-25)30-8-10-32-11-9-30)16-28-24(31)14-19-2-1-3-22(27)12-19/h1-7,12-13,15H,8-11,14,16-17H2,(H,28,31). The van der Waals surface area contributed by atoms with Gasteiger partial charge in [0.15, 0.2) is 0 Å². The summed E-state index contributed by atoms with van der Waals surface area (Å²) in [7, 11) is 0. The average Bonchev–Trinajstić information content (AvgIpc) is 2.83. The Bertz CT molecular complexity index is 1090. The number of ether oxygens (including phenoxy) is 2. The number of nitrogens with zero attached hydrogens (tertiary/aromatic N) is 2. The van der Waals surface area contributed by atoms with Gasteiger partial charge in [-0.15, -0.1) is 0 Å². The second-order valence-electron chi connectivity index (χ2n) is 7.77. The molecular formula is C25H25F2N3O3. The van der Waals surface area contributed by atoms with E-state index >= 15 is 0 Å². The molecule has 8 heteroatoms. The van der Waals surface area contributed by atoms with E-state index < -0.39 is 0 Å². The summed E-state index contributed by atoms with van der Waals surface area (Å²) in [4.78, 5) is 19.1. The van der Waals surface area contributed by atoms with E-state index in [0.29, 0.717) is 37.7 Å². The Balaban J connectivity index is 1.44. The first kappa shape index (κ1) is 22.7. The largest absolute Gasteiger partial charge is 0.473 e. The fourth-order valence-corrected chi connectivity index (χ4v) is 3.51. The van der Waals surface area contributed by atoms with E-state index in [0.717, 1.165) is 16.9 Å². The van der Waals surface area contributed by atoms with E-state index in [-0.39, 0.29) is 37.1 Å². The highest BCUT2D eigenvalue weighted by molar-refractivity contribution is 5.78. The third-order valence-corrected chi connectivity index (χ3v) is 5.23. The summed E-state index contributed by atoms with van der Waals surface area (Å²) in [6, 6.07) is 15.8. The summed E-state index contributed by atoms with van der Waals surface area (Å²) >= 11 is 0. The molecule has 1 aromatic heterocycles. The van der Waals surface area contributed by atoms with Crippen molar-refractivity contribution in [1.29, 1.82) is 0 Å². The quantitative estimate of drug-likeness (QED) is 0.564. The molecule has 1 N–H and O–H groups in total. The molecule has 1 fully saturated rings. The normalized spacial score (nSPS) is 13.6. The van der Waals surface area contributed by atoms with Gasteiger partial charge in [0.1, 0.15) is 24.1 Å². The average molecular weight is 453 g/mol. The van der Waals surface area contributed by atoms with Gasteiger partial charge in [0.05, 0.1) is 19.6 Å². The number of amides is 1. The Morgan fingerprint density at radius 2 is 1.76 bits per heavy atom. The van der Waals surface area contributed by atoms with Crippen LogP contribution in [0.4, 0.5) is 14.6 Å². The van der Waals surface area contributed by atoms with Crippen LogP contribution in [0.5, 0.6) is 5.88 Å². The molecule has 0 spiro atoms. The van der Waals surface area contributed by atoms with E-state index in [2.05, 4.69) is 15.2 Å². The second-order valence-corrected chi connectivity index (χ2v) is 7.77. The van der Waals surface area contributed by atoms with Gasteiger partial charge in [-0.2, -0.15) is 4.98 Å². The summed E-state index contributed by atoms with van der Waals surface area (Å²) in [5.41, 5.74) is 2.26. The fourth-order valence-electron chi connectivity index (χ4n) is 3.51. The van der Waals surface area contributed by atoms with Crippen LogP contribution in [0.1, 0.15) is 16.7 Å². The zero-order valence-electron chi connectivity index (χ0n) is 18.1. The van der Waals surface area contributed by atoms with E-state index in [1.807, 2.05) is 6.07 Å². The number of aromatic nitrogens is 1. The molecule has 0 aliphatic carbocycles. The zero-order valence-corrected chi connectivity index (χ0v) is 18.1. The molecule has 0 radical (unpaired) electrons. The molecule has 2 heterocycles. The molecule has 0 saturated carbocycles. The molecule has 1 aliphatic rings. The maximum absolute atomic E-state index is 13.4. The van der Waals surface area contributed by atoms with Gasteiger partial charge in [-0.25, -0.2) is 8.78 Å². The van der Waals surface area contributed by atoms with Crippen molar-refractivity contribution in [2.24, 2.45) is 0 Å². The van der Waals surface area contributed by atoms with Crippen molar-refractivity contribution >= 4 is 11.7 Å².